The molecule has 0 spiro atoms. The molecular weight excluding hydrogens is 232 g/mol. The lowest BCUT2D eigenvalue weighted by atomic mass is 10.2. The van der Waals surface area contributed by atoms with Crippen molar-refractivity contribution in [2.24, 2.45) is 0 Å². The summed E-state index contributed by atoms with van der Waals surface area (Å²) in [5.74, 6) is 0.150. The fourth-order valence-electron chi connectivity index (χ4n) is 0.976. The Morgan fingerprint density at radius 2 is 2.27 bits per heavy atom. The van der Waals surface area contributed by atoms with E-state index in [9.17, 15) is 4.79 Å². The first-order chi connectivity index (χ1) is 7.06. The van der Waals surface area contributed by atoms with Crippen LogP contribution in [-0.2, 0) is 4.79 Å². The van der Waals surface area contributed by atoms with Crippen LogP contribution in [0, 0.1) is 0 Å². The molecule has 0 rings (SSSR count). The predicted octanol–water partition coefficient (Wildman–Crippen LogP) is 3.90. The number of allylic oxidation sites excluding steroid dienone is 2. The van der Waals surface area contributed by atoms with Gasteiger partial charge in [-0.1, -0.05) is 13.0 Å². The minimum atomic E-state index is -0.718. The normalized spacial score (nSPS) is 13.9. The van der Waals surface area contributed by atoms with Crippen LogP contribution in [0.4, 0.5) is 0 Å². The average Bonchev–Trinajstić information content (AvgIpc) is 2.20. The lowest BCUT2D eigenvalue weighted by Crippen LogP contribution is -1.95. The molecular formula is C11H19ClO2S. The Hall–Kier alpha value is -0.150. The second-order valence-corrected chi connectivity index (χ2v) is 5.36. The minimum Gasteiger partial charge on any atom is -0.481 e. The standard InChI is InChI=1S/C11H19ClO2S/c1-3-10(12)7-6-9(2)15-8-4-5-11(13)14/h6,10H,3-5,7-8H2,1-2H3,(H,13,14)/b9-6+. The maximum atomic E-state index is 10.3. The lowest BCUT2D eigenvalue weighted by molar-refractivity contribution is -0.137. The highest BCUT2D eigenvalue weighted by Crippen LogP contribution is 2.19. The number of aliphatic carboxylic acids is 1. The summed E-state index contributed by atoms with van der Waals surface area (Å²) in [4.78, 5) is 11.5. The first-order valence-corrected chi connectivity index (χ1v) is 6.63. The summed E-state index contributed by atoms with van der Waals surface area (Å²) in [6.07, 6.45) is 4.99. The molecule has 1 unspecified atom stereocenters. The van der Waals surface area contributed by atoms with E-state index in [1.54, 1.807) is 11.8 Å². The molecule has 0 aliphatic heterocycles. The Bertz CT molecular complexity index is 217. The molecule has 0 aromatic carbocycles. The first-order valence-electron chi connectivity index (χ1n) is 5.21. The summed E-state index contributed by atoms with van der Waals surface area (Å²) in [5, 5.41) is 8.67. The van der Waals surface area contributed by atoms with Gasteiger partial charge in [-0.05, 0) is 36.8 Å². The molecule has 2 nitrogen and oxygen atoms in total. The fourth-order valence-corrected chi connectivity index (χ4v) is 1.89. The van der Waals surface area contributed by atoms with E-state index >= 15 is 0 Å². The van der Waals surface area contributed by atoms with Crippen molar-refractivity contribution in [3.05, 3.63) is 11.0 Å². The van der Waals surface area contributed by atoms with Gasteiger partial charge in [0.15, 0.2) is 0 Å². The Labute approximate surface area is 101 Å². The van der Waals surface area contributed by atoms with E-state index in [0.29, 0.717) is 0 Å². The topological polar surface area (TPSA) is 37.3 Å². The number of hydrogen-bond donors (Lipinski definition) is 1. The number of halogens is 1. The highest BCUT2D eigenvalue weighted by molar-refractivity contribution is 8.03. The average molecular weight is 251 g/mol. The number of carboxylic acids is 1. The maximum Gasteiger partial charge on any atom is 0.303 e. The van der Waals surface area contributed by atoms with Crippen molar-refractivity contribution in [1.82, 2.24) is 0 Å². The highest BCUT2D eigenvalue weighted by Gasteiger charge is 2.00. The van der Waals surface area contributed by atoms with Crippen LogP contribution in [0.15, 0.2) is 11.0 Å². The van der Waals surface area contributed by atoms with E-state index in [4.69, 9.17) is 16.7 Å². The van der Waals surface area contributed by atoms with Crippen molar-refractivity contribution in [1.29, 1.82) is 0 Å². The second-order valence-electron chi connectivity index (χ2n) is 3.40. The highest BCUT2D eigenvalue weighted by atomic mass is 35.5. The summed E-state index contributed by atoms with van der Waals surface area (Å²) in [6, 6.07) is 0. The zero-order valence-corrected chi connectivity index (χ0v) is 10.9. The third-order valence-corrected chi connectivity index (χ3v) is 3.57. The van der Waals surface area contributed by atoms with Crippen molar-refractivity contribution in [2.75, 3.05) is 5.75 Å². The molecule has 0 radical (unpaired) electrons. The van der Waals surface area contributed by atoms with E-state index in [1.807, 2.05) is 6.92 Å². The lowest BCUT2D eigenvalue weighted by Gasteiger charge is -2.03. The van der Waals surface area contributed by atoms with Crippen LogP contribution in [0.5, 0.6) is 0 Å². The van der Waals surface area contributed by atoms with Crippen LogP contribution in [0.3, 0.4) is 0 Å². The Morgan fingerprint density at radius 3 is 2.80 bits per heavy atom. The van der Waals surface area contributed by atoms with Gasteiger partial charge in [-0.2, -0.15) is 0 Å². The summed E-state index contributed by atoms with van der Waals surface area (Å²) in [5.41, 5.74) is 0. The minimum absolute atomic E-state index is 0.222. The molecule has 0 aromatic heterocycles. The third-order valence-electron chi connectivity index (χ3n) is 1.97. The number of alkyl halides is 1. The molecule has 1 atom stereocenters. The van der Waals surface area contributed by atoms with Gasteiger partial charge in [0.2, 0.25) is 0 Å². The molecule has 0 aromatic rings. The van der Waals surface area contributed by atoms with E-state index in [-0.39, 0.29) is 11.8 Å². The number of thioether (sulfide) groups is 1. The van der Waals surface area contributed by atoms with Gasteiger partial charge in [0.1, 0.15) is 0 Å². The zero-order valence-electron chi connectivity index (χ0n) is 9.33. The van der Waals surface area contributed by atoms with Crippen molar-refractivity contribution in [2.45, 2.75) is 44.9 Å². The van der Waals surface area contributed by atoms with Gasteiger partial charge >= 0.3 is 5.97 Å². The molecule has 0 heterocycles. The van der Waals surface area contributed by atoms with Gasteiger partial charge in [-0.25, -0.2) is 0 Å². The van der Waals surface area contributed by atoms with Crippen LogP contribution >= 0.6 is 23.4 Å². The maximum absolute atomic E-state index is 10.3. The molecule has 0 saturated heterocycles. The molecule has 0 fully saturated rings. The molecule has 0 aliphatic rings. The summed E-state index contributed by atoms with van der Waals surface area (Å²) in [7, 11) is 0. The Kier molecular flexibility index (Phi) is 9.01. The van der Waals surface area contributed by atoms with Gasteiger partial charge in [-0.15, -0.1) is 23.4 Å². The van der Waals surface area contributed by atoms with Crippen LogP contribution < -0.4 is 0 Å². The first kappa shape index (κ1) is 14.8. The van der Waals surface area contributed by atoms with E-state index in [1.165, 1.54) is 4.91 Å². The third kappa shape index (κ3) is 10.1. The predicted molar refractivity (Wildman–Crippen MR) is 67.6 cm³/mol. The Morgan fingerprint density at radius 1 is 1.60 bits per heavy atom. The molecule has 0 aliphatic carbocycles. The summed E-state index contributed by atoms with van der Waals surface area (Å²) in [6.45, 7) is 4.12. The van der Waals surface area contributed by atoms with E-state index < -0.39 is 5.97 Å². The van der Waals surface area contributed by atoms with Crippen LogP contribution in [0.2, 0.25) is 0 Å². The number of carboxylic acid groups (broad SMARTS) is 1. The molecule has 88 valence electrons. The monoisotopic (exact) mass is 250 g/mol. The van der Waals surface area contributed by atoms with Crippen LogP contribution in [-0.4, -0.2) is 22.2 Å². The van der Waals surface area contributed by atoms with Crippen LogP contribution in [0.25, 0.3) is 0 Å². The van der Waals surface area contributed by atoms with Gasteiger partial charge in [0.25, 0.3) is 0 Å². The van der Waals surface area contributed by atoms with Crippen LogP contribution in [0.1, 0.15) is 39.5 Å². The molecule has 4 heteroatoms. The van der Waals surface area contributed by atoms with E-state index in [2.05, 4.69) is 13.0 Å². The van der Waals surface area contributed by atoms with Gasteiger partial charge in [0.05, 0.1) is 0 Å². The van der Waals surface area contributed by atoms with Crippen molar-refractivity contribution in [3.63, 3.8) is 0 Å². The second kappa shape index (κ2) is 9.10. The number of carbonyl (C=O) groups is 1. The number of hydrogen-bond acceptors (Lipinski definition) is 2. The van der Waals surface area contributed by atoms with Gasteiger partial charge in [0, 0.05) is 11.8 Å². The van der Waals surface area contributed by atoms with Gasteiger partial charge < -0.3 is 5.11 Å². The van der Waals surface area contributed by atoms with Crippen molar-refractivity contribution in [3.8, 4) is 0 Å². The summed E-state index contributed by atoms with van der Waals surface area (Å²) < 4.78 is 0. The number of rotatable bonds is 8. The molecule has 0 amide bonds. The molecule has 0 saturated carbocycles. The quantitative estimate of drug-likeness (QED) is 0.525. The fraction of sp³-hybridized carbons (Fsp3) is 0.727. The van der Waals surface area contributed by atoms with Crippen molar-refractivity contribution < 1.29 is 9.90 Å². The zero-order chi connectivity index (χ0) is 11.7. The molecule has 1 N–H and O–H groups in total. The largest absolute Gasteiger partial charge is 0.481 e. The SMILES string of the molecule is CCC(Cl)C/C=C(\C)SCCCC(=O)O. The molecule has 15 heavy (non-hydrogen) atoms. The van der Waals surface area contributed by atoms with Crippen molar-refractivity contribution >= 4 is 29.3 Å². The smallest absolute Gasteiger partial charge is 0.303 e. The molecule has 0 bridgehead atoms. The van der Waals surface area contributed by atoms with E-state index in [0.717, 1.165) is 25.0 Å². The Balaban J connectivity index is 3.55. The van der Waals surface area contributed by atoms with Gasteiger partial charge in [-0.3, -0.25) is 4.79 Å². The summed E-state index contributed by atoms with van der Waals surface area (Å²) >= 11 is 7.69.